The molecule has 2 aromatic carbocycles. The van der Waals surface area contributed by atoms with Gasteiger partial charge in [-0.2, -0.15) is 5.26 Å². The number of ether oxygens (including phenoxy) is 2. The van der Waals surface area contributed by atoms with E-state index in [0.29, 0.717) is 28.6 Å². The van der Waals surface area contributed by atoms with E-state index in [0.717, 1.165) is 41.0 Å². The summed E-state index contributed by atoms with van der Waals surface area (Å²) in [4.78, 5) is 19.6. The fourth-order valence-corrected chi connectivity index (χ4v) is 4.85. The van der Waals surface area contributed by atoms with Crippen molar-refractivity contribution in [2.45, 2.75) is 18.0 Å². The second-order valence-corrected chi connectivity index (χ2v) is 8.93. The zero-order valence-electron chi connectivity index (χ0n) is 19.4. The molecule has 4 rings (SSSR count). The number of nitrogens with zero attached hydrogens (tertiary/aromatic N) is 3. The molecule has 1 amide bonds. The zero-order valence-corrected chi connectivity index (χ0v) is 20.2. The third kappa shape index (κ3) is 5.01. The quantitative estimate of drug-likeness (QED) is 0.509. The first-order chi connectivity index (χ1) is 16.5. The summed E-state index contributed by atoms with van der Waals surface area (Å²) in [6, 6.07) is 17.3. The average Bonchev–Trinajstić information content (AvgIpc) is 2.86. The SMILES string of the molecule is COc1ccc(-c2c(C#N)c(SCC(=O)Nc3ccccc3)nc3c2CN(C)CC3)cc1OC. The van der Waals surface area contributed by atoms with E-state index in [9.17, 15) is 10.1 Å². The number of likely N-dealkylation sites (N-methyl/N-ethyl adjacent to an activating group) is 1. The van der Waals surface area contributed by atoms with Crippen molar-refractivity contribution in [3.8, 4) is 28.7 Å². The van der Waals surface area contributed by atoms with Crippen molar-refractivity contribution in [2.75, 3.05) is 38.9 Å². The number of fused-ring (bicyclic) bond motifs is 1. The van der Waals surface area contributed by atoms with Crippen LogP contribution in [0.3, 0.4) is 0 Å². The van der Waals surface area contributed by atoms with Gasteiger partial charge in [-0.15, -0.1) is 0 Å². The highest BCUT2D eigenvalue weighted by atomic mass is 32.2. The van der Waals surface area contributed by atoms with Crippen LogP contribution < -0.4 is 14.8 Å². The number of pyridine rings is 1. The van der Waals surface area contributed by atoms with Gasteiger partial charge in [-0.3, -0.25) is 4.79 Å². The van der Waals surface area contributed by atoms with E-state index in [2.05, 4.69) is 23.3 Å². The smallest absolute Gasteiger partial charge is 0.234 e. The molecule has 174 valence electrons. The molecule has 1 N–H and O–H groups in total. The third-order valence-electron chi connectivity index (χ3n) is 5.69. The van der Waals surface area contributed by atoms with Crippen LogP contribution >= 0.6 is 11.8 Å². The average molecular weight is 475 g/mol. The Morgan fingerprint density at radius 2 is 1.94 bits per heavy atom. The number of carbonyl (C=O) groups is 1. The van der Waals surface area contributed by atoms with Gasteiger partial charge in [-0.25, -0.2) is 4.98 Å². The molecule has 0 saturated heterocycles. The molecular formula is C26H26N4O3S. The lowest BCUT2D eigenvalue weighted by Gasteiger charge is -2.28. The number of aromatic nitrogens is 1. The van der Waals surface area contributed by atoms with E-state index < -0.39 is 0 Å². The number of benzene rings is 2. The van der Waals surface area contributed by atoms with Crippen LogP contribution in [-0.4, -0.2) is 49.4 Å². The highest BCUT2D eigenvalue weighted by molar-refractivity contribution is 8.00. The maximum atomic E-state index is 12.5. The van der Waals surface area contributed by atoms with Crippen molar-refractivity contribution in [1.29, 1.82) is 5.26 Å². The number of thioether (sulfide) groups is 1. The highest BCUT2D eigenvalue weighted by Gasteiger charge is 2.26. The molecule has 7 nitrogen and oxygen atoms in total. The van der Waals surface area contributed by atoms with Gasteiger partial charge in [-0.05, 0) is 42.4 Å². The van der Waals surface area contributed by atoms with Crippen molar-refractivity contribution in [2.24, 2.45) is 0 Å². The molecule has 1 aliphatic heterocycles. The lowest BCUT2D eigenvalue weighted by molar-refractivity contribution is -0.113. The van der Waals surface area contributed by atoms with E-state index in [4.69, 9.17) is 14.5 Å². The van der Waals surface area contributed by atoms with Gasteiger partial charge in [0.25, 0.3) is 0 Å². The van der Waals surface area contributed by atoms with E-state index in [1.54, 1.807) is 14.2 Å². The Hall–Kier alpha value is -3.54. The fourth-order valence-electron chi connectivity index (χ4n) is 4.04. The number of amides is 1. The predicted octanol–water partition coefficient (Wildman–Crippen LogP) is 4.36. The van der Waals surface area contributed by atoms with Gasteiger partial charge in [0.05, 0.1) is 25.5 Å². The second-order valence-electron chi connectivity index (χ2n) is 7.96. The van der Waals surface area contributed by atoms with Gasteiger partial charge in [0, 0.05) is 36.5 Å². The molecule has 0 spiro atoms. The normalized spacial score (nSPS) is 13.0. The fraction of sp³-hybridized carbons (Fsp3) is 0.269. The molecule has 1 aliphatic rings. The minimum atomic E-state index is -0.146. The molecule has 0 radical (unpaired) electrons. The molecule has 1 aromatic heterocycles. The molecule has 2 heterocycles. The zero-order chi connectivity index (χ0) is 24.1. The second kappa shape index (κ2) is 10.6. The van der Waals surface area contributed by atoms with Crippen molar-refractivity contribution in [3.05, 3.63) is 65.4 Å². The number of para-hydroxylation sites is 1. The van der Waals surface area contributed by atoms with E-state index in [1.165, 1.54) is 11.8 Å². The van der Waals surface area contributed by atoms with Crippen LogP contribution in [0.2, 0.25) is 0 Å². The minimum Gasteiger partial charge on any atom is -0.493 e. The van der Waals surface area contributed by atoms with Crippen molar-refractivity contribution in [1.82, 2.24) is 9.88 Å². The number of nitrogens with one attached hydrogen (secondary N) is 1. The van der Waals surface area contributed by atoms with Gasteiger partial charge in [0.1, 0.15) is 11.1 Å². The van der Waals surface area contributed by atoms with Crippen LogP contribution in [0.1, 0.15) is 16.8 Å². The minimum absolute atomic E-state index is 0.146. The number of nitriles is 1. The van der Waals surface area contributed by atoms with Crippen molar-refractivity contribution < 1.29 is 14.3 Å². The molecule has 8 heteroatoms. The molecule has 34 heavy (non-hydrogen) atoms. The Morgan fingerprint density at radius 3 is 2.65 bits per heavy atom. The molecule has 3 aromatic rings. The number of anilines is 1. The summed E-state index contributed by atoms with van der Waals surface area (Å²) >= 11 is 1.28. The highest BCUT2D eigenvalue weighted by Crippen LogP contribution is 2.40. The topological polar surface area (TPSA) is 87.5 Å². The summed E-state index contributed by atoms with van der Waals surface area (Å²) in [5.74, 6) is 1.22. The maximum Gasteiger partial charge on any atom is 0.234 e. The Bertz CT molecular complexity index is 1240. The van der Waals surface area contributed by atoms with Crippen LogP contribution in [0.25, 0.3) is 11.1 Å². The molecular weight excluding hydrogens is 448 g/mol. The lowest BCUT2D eigenvalue weighted by Crippen LogP contribution is -2.28. The Morgan fingerprint density at radius 1 is 1.18 bits per heavy atom. The number of rotatable bonds is 7. The first kappa shape index (κ1) is 23.6. The number of carbonyl (C=O) groups excluding carboxylic acids is 1. The first-order valence-corrected chi connectivity index (χ1v) is 11.9. The van der Waals surface area contributed by atoms with E-state index >= 15 is 0 Å². The summed E-state index contributed by atoms with van der Waals surface area (Å²) in [7, 11) is 5.25. The molecule has 0 aliphatic carbocycles. The summed E-state index contributed by atoms with van der Waals surface area (Å²) in [6.07, 6.45) is 0.779. The van der Waals surface area contributed by atoms with Gasteiger partial charge >= 0.3 is 0 Å². The Kier molecular flexibility index (Phi) is 7.36. The van der Waals surface area contributed by atoms with Crippen LogP contribution in [0.15, 0.2) is 53.6 Å². The monoisotopic (exact) mass is 474 g/mol. The predicted molar refractivity (Wildman–Crippen MR) is 133 cm³/mol. The number of hydrogen-bond donors (Lipinski definition) is 1. The van der Waals surface area contributed by atoms with Crippen LogP contribution in [0.4, 0.5) is 5.69 Å². The van der Waals surface area contributed by atoms with Crippen LogP contribution in [0, 0.1) is 11.3 Å². The number of methoxy groups -OCH3 is 2. The van der Waals surface area contributed by atoms with E-state index in [1.807, 2.05) is 48.5 Å². The van der Waals surface area contributed by atoms with Gasteiger partial charge in [0.15, 0.2) is 11.5 Å². The Balaban J connectivity index is 1.73. The number of hydrogen-bond acceptors (Lipinski definition) is 7. The summed E-state index contributed by atoms with van der Waals surface area (Å²) < 4.78 is 10.9. The van der Waals surface area contributed by atoms with Gasteiger partial charge in [0.2, 0.25) is 5.91 Å². The molecule has 0 fully saturated rings. The maximum absolute atomic E-state index is 12.5. The standard InChI is InChI=1S/C26H26N4O3S/c1-30-12-11-21-20(15-30)25(17-9-10-22(32-2)23(13-17)33-3)19(14-27)26(29-21)34-16-24(31)28-18-7-5-4-6-8-18/h4-10,13H,11-12,15-16H2,1-3H3,(H,28,31). The third-order valence-corrected chi connectivity index (χ3v) is 6.67. The molecule has 0 unspecified atom stereocenters. The lowest BCUT2D eigenvalue weighted by atomic mass is 9.91. The molecule has 0 bridgehead atoms. The summed E-state index contributed by atoms with van der Waals surface area (Å²) in [6.45, 7) is 1.58. The van der Waals surface area contributed by atoms with Crippen molar-refractivity contribution >= 4 is 23.4 Å². The van der Waals surface area contributed by atoms with Crippen LogP contribution in [-0.2, 0) is 17.8 Å². The Labute approximate surface area is 203 Å². The molecule has 0 atom stereocenters. The molecule has 0 saturated carbocycles. The van der Waals surface area contributed by atoms with Crippen molar-refractivity contribution in [3.63, 3.8) is 0 Å². The summed E-state index contributed by atoms with van der Waals surface area (Å²) in [5, 5.41) is 13.6. The summed E-state index contributed by atoms with van der Waals surface area (Å²) in [5.41, 5.74) is 4.91. The van der Waals surface area contributed by atoms with Gasteiger partial charge < -0.3 is 19.7 Å². The largest absolute Gasteiger partial charge is 0.493 e. The van der Waals surface area contributed by atoms with Gasteiger partial charge in [-0.1, -0.05) is 36.0 Å². The first-order valence-electron chi connectivity index (χ1n) is 10.9. The van der Waals surface area contributed by atoms with Crippen LogP contribution in [0.5, 0.6) is 11.5 Å². The van der Waals surface area contributed by atoms with E-state index in [-0.39, 0.29) is 11.7 Å².